The molecule has 0 radical (unpaired) electrons. The third kappa shape index (κ3) is 2.47. The maximum Gasteiger partial charge on any atom is 0.230 e. The Hall–Kier alpha value is -2.07. The van der Waals surface area contributed by atoms with E-state index >= 15 is 0 Å². The third-order valence-electron chi connectivity index (χ3n) is 3.20. The van der Waals surface area contributed by atoms with Gasteiger partial charge in [-0.3, -0.25) is 4.79 Å². The van der Waals surface area contributed by atoms with Crippen molar-refractivity contribution in [1.29, 1.82) is 0 Å². The molecule has 0 atom stereocenters. The molecule has 20 heavy (non-hydrogen) atoms. The molecule has 0 aliphatic carbocycles. The first-order valence-corrected chi connectivity index (χ1v) is 6.75. The van der Waals surface area contributed by atoms with Gasteiger partial charge in [-0.05, 0) is 18.2 Å². The second kappa shape index (κ2) is 5.51. The van der Waals surface area contributed by atoms with Crippen molar-refractivity contribution < 1.29 is 9.53 Å². The number of fused-ring (bicyclic) bond motifs is 1. The largest absolute Gasteiger partial charge is 0.491 e. The number of halogens is 1. The van der Waals surface area contributed by atoms with E-state index in [0.29, 0.717) is 24.7 Å². The van der Waals surface area contributed by atoms with Gasteiger partial charge >= 0.3 is 0 Å². The van der Waals surface area contributed by atoms with Crippen molar-refractivity contribution in [1.82, 2.24) is 4.98 Å². The maximum absolute atomic E-state index is 12.3. The van der Waals surface area contributed by atoms with Crippen molar-refractivity contribution in [2.75, 3.05) is 11.5 Å². The minimum absolute atomic E-state index is 0.0230. The Labute approximate surface area is 122 Å². The first-order chi connectivity index (χ1) is 9.75. The van der Waals surface area contributed by atoms with E-state index < -0.39 is 0 Å². The fourth-order valence-electron chi connectivity index (χ4n) is 2.20. The second-order valence-electron chi connectivity index (χ2n) is 4.50. The van der Waals surface area contributed by atoms with Crippen LogP contribution in [-0.2, 0) is 11.3 Å². The summed E-state index contributed by atoms with van der Waals surface area (Å²) in [6.07, 6.45) is 1.99. The summed E-state index contributed by atoms with van der Waals surface area (Å²) in [6.45, 7) is 0.791. The number of hydrogen-bond acceptors (Lipinski definition) is 3. The molecule has 2 aromatic rings. The number of carbonyl (C=O) groups excluding carboxylic acids is 1. The lowest BCUT2D eigenvalue weighted by molar-refractivity contribution is -0.118. The van der Waals surface area contributed by atoms with E-state index in [4.69, 9.17) is 16.3 Å². The Morgan fingerprint density at radius 3 is 2.95 bits per heavy atom. The van der Waals surface area contributed by atoms with E-state index in [1.165, 1.54) is 0 Å². The van der Waals surface area contributed by atoms with Gasteiger partial charge in [-0.15, -0.1) is 0 Å². The van der Waals surface area contributed by atoms with Gasteiger partial charge in [0.2, 0.25) is 5.91 Å². The zero-order valence-corrected chi connectivity index (χ0v) is 11.5. The molecule has 1 amide bonds. The Morgan fingerprint density at radius 2 is 2.10 bits per heavy atom. The van der Waals surface area contributed by atoms with Crippen LogP contribution in [0.1, 0.15) is 12.0 Å². The summed E-state index contributed by atoms with van der Waals surface area (Å²) in [6, 6.07) is 11.2. The van der Waals surface area contributed by atoms with Gasteiger partial charge in [-0.1, -0.05) is 29.8 Å². The van der Waals surface area contributed by atoms with Crippen LogP contribution >= 0.6 is 11.6 Å². The zero-order valence-electron chi connectivity index (χ0n) is 10.8. The van der Waals surface area contributed by atoms with E-state index in [2.05, 4.69) is 4.98 Å². The van der Waals surface area contributed by atoms with Crippen molar-refractivity contribution in [3.8, 4) is 5.75 Å². The maximum atomic E-state index is 12.3. The van der Waals surface area contributed by atoms with Crippen LogP contribution < -0.4 is 9.64 Å². The highest BCUT2D eigenvalue weighted by atomic mass is 35.5. The SMILES string of the molecule is O=C1CCOc2ccccc2N1Cc1cccnc1Cl. The number of pyridine rings is 1. The molecule has 1 aromatic carbocycles. The van der Waals surface area contributed by atoms with Crippen molar-refractivity contribution in [3.05, 3.63) is 53.3 Å². The lowest BCUT2D eigenvalue weighted by Crippen LogP contribution is -2.29. The fraction of sp³-hybridized carbons (Fsp3) is 0.200. The molecule has 2 heterocycles. The van der Waals surface area contributed by atoms with E-state index in [9.17, 15) is 4.79 Å². The van der Waals surface area contributed by atoms with Gasteiger partial charge in [0.05, 0.1) is 25.3 Å². The zero-order chi connectivity index (χ0) is 13.9. The smallest absolute Gasteiger partial charge is 0.230 e. The molecule has 0 saturated carbocycles. The summed E-state index contributed by atoms with van der Waals surface area (Å²) in [5, 5.41) is 0.419. The van der Waals surface area contributed by atoms with Crippen molar-refractivity contribution in [2.24, 2.45) is 0 Å². The Balaban J connectivity index is 1.98. The van der Waals surface area contributed by atoms with Crippen LogP contribution in [0.3, 0.4) is 0 Å². The number of carbonyl (C=O) groups is 1. The average Bonchev–Trinajstić information content (AvgIpc) is 2.61. The Bertz CT molecular complexity index is 645. The number of anilines is 1. The van der Waals surface area contributed by atoms with Gasteiger partial charge in [0.15, 0.2) is 0 Å². The molecule has 0 saturated heterocycles. The van der Waals surface area contributed by atoms with Gasteiger partial charge in [-0.25, -0.2) is 4.98 Å². The molecular formula is C15H13ClN2O2. The lowest BCUT2D eigenvalue weighted by atomic mass is 10.2. The molecular weight excluding hydrogens is 276 g/mol. The molecule has 1 aromatic heterocycles. The molecule has 3 rings (SSSR count). The molecule has 4 nitrogen and oxygen atoms in total. The summed E-state index contributed by atoms with van der Waals surface area (Å²) in [4.78, 5) is 18.0. The number of nitrogens with zero attached hydrogens (tertiary/aromatic N) is 2. The lowest BCUT2D eigenvalue weighted by Gasteiger charge is -2.22. The van der Waals surface area contributed by atoms with Crippen LogP contribution in [0.15, 0.2) is 42.6 Å². The summed E-state index contributed by atoms with van der Waals surface area (Å²) in [5.74, 6) is 0.744. The van der Waals surface area contributed by atoms with Crippen LogP contribution in [0, 0.1) is 0 Å². The number of rotatable bonds is 2. The standard InChI is InChI=1S/C15H13ClN2O2/c16-15-11(4-3-8-17-15)10-18-12-5-1-2-6-13(12)20-9-7-14(18)19/h1-6,8H,7,9-10H2. The topological polar surface area (TPSA) is 42.4 Å². The van der Waals surface area contributed by atoms with E-state index in [0.717, 1.165) is 17.0 Å². The van der Waals surface area contributed by atoms with Crippen molar-refractivity contribution in [3.63, 3.8) is 0 Å². The molecule has 0 fully saturated rings. The number of ether oxygens (including phenoxy) is 1. The molecule has 5 heteroatoms. The molecule has 1 aliphatic rings. The summed E-state index contributed by atoms with van der Waals surface area (Å²) in [7, 11) is 0. The normalized spacial score (nSPS) is 14.4. The minimum Gasteiger partial charge on any atom is -0.491 e. The highest BCUT2D eigenvalue weighted by Gasteiger charge is 2.23. The van der Waals surface area contributed by atoms with Gasteiger partial charge < -0.3 is 9.64 Å². The van der Waals surface area contributed by atoms with Gasteiger partial charge in [0, 0.05) is 11.8 Å². The monoisotopic (exact) mass is 288 g/mol. The predicted molar refractivity (Wildman–Crippen MR) is 77.0 cm³/mol. The number of aromatic nitrogens is 1. The van der Waals surface area contributed by atoms with E-state index in [-0.39, 0.29) is 5.91 Å². The predicted octanol–water partition coefficient (Wildman–Crippen LogP) is 3.05. The van der Waals surface area contributed by atoms with E-state index in [1.807, 2.05) is 36.4 Å². The van der Waals surface area contributed by atoms with Crippen LogP contribution in [0.5, 0.6) is 5.75 Å². The fourth-order valence-corrected chi connectivity index (χ4v) is 2.38. The Morgan fingerprint density at radius 1 is 1.25 bits per heavy atom. The summed E-state index contributed by atoms with van der Waals surface area (Å²) >= 11 is 6.08. The van der Waals surface area contributed by atoms with Crippen molar-refractivity contribution in [2.45, 2.75) is 13.0 Å². The molecule has 0 N–H and O–H groups in total. The third-order valence-corrected chi connectivity index (χ3v) is 3.54. The van der Waals surface area contributed by atoms with Crippen LogP contribution in [0.2, 0.25) is 5.15 Å². The molecule has 0 unspecified atom stereocenters. The molecule has 0 spiro atoms. The van der Waals surface area contributed by atoms with Crippen LogP contribution in [-0.4, -0.2) is 17.5 Å². The molecule has 1 aliphatic heterocycles. The minimum atomic E-state index is 0.0230. The van der Waals surface area contributed by atoms with Crippen LogP contribution in [0.4, 0.5) is 5.69 Å². The summed E-state index contributed by atoms with van der Waals surface area (Å²) in [5.41, 5.74) is 1.59. The highest BCUT2D eigenvalue weighted by Crippen LogP contribution is 2.32. The summed E-state index contributed by atoms with van der Waals surface area (Å²) < 4.78 is 5.61. The van der Waals surface area contributed by atoms with Crippen molar-refractivity contribution >= 4 is 23.2 Å². The van der Waals surface area contributed by atoms with Gasteiger partial charge in [0.1, 0.15) is 10.9 Å². The first-order valence-electron chi connectivity index (χ1n) is 6.37. The van der Waals surface area contributed by atoms with Gasteiger partial charge in [-0.2, -0.15) is 0 Å². The first kappa shape index (κ1) is 12.9. The molecule has 102 valence electrons. The molecule has 0 bridgehead atoms. The van der Waals surface area contributed by atoms with E-state index in [1.54, 1.807) is 11.1 Å². The Kier molecular flexibility index (Phi) is 3.56. The number of benzene rings is 1. The number of para-hydroxylation sites is 2. The highest BCUT2D eigenvalue weighted by molar-refractivity contribution is 6.30. The number of hydrogen-bond donors (Lipinski definition) is 0. The average molecular weight is 289 g/mol. The van der Waals surface area contributed by atoms with Gasteiger partial charge in [0.25, 0.3) is 0 Å². The number of amides is 1. The van der Waals surface area contributed by atoms with Crippen LogP contribution in [0.25, 0.3) is 0 Å². The quantitative estimate of drug-likeness (QED) is 0.798. The second-order valence-corrected chi connectivity index (χ2v) is 4.86.